The molecule has 0 N–H and O–H groups in total. The van der Waals surface area contributed by atoms with Gasteiger partial charge in [0.1, 0.15) is 11.9 Å². The summed E-state index contributed by atoms with van der Waals surface area (Å²) in [6.07, 6.45) is 43.3. The number of unbranched alkanes of at least 4 members (excludes halogenated alkanes) is 18. The molecule has 0 saturated carbocycles. The van der Waals surface area contributed by atoms with Crippen LogP contribution in [0, 0.1) is 16.7 Å². The standard InChI is InChI=1S/C56H103NO5/c1-9-13-17-19-22-28-34-53(35-29-23-20-18-14-10-2)62-54(60)36-30-24-21-27-33-45-61-48-51-46-50(47-57(51)44-32-26-25-31-40-55(6,7)49(5)58)37-38-52(59)39-43-56(8,41-15-11-3)42-16-12-4/h11,37-38,50-51,53H,3,9-10,12-36,39-48H2,1-2,4-8H3/t50-,51-,56?/m0/s1. The first-order chi connectivity index (χ1) is 29.9. The van der Waals surface area contributed by atoms with E-state index in [0.29, 0.717) is 24.8 Å². The van der Waals surface area contributed by atoms with Gasteiger partial charge in [-0.3, -0.25) is 19.3 Å². The lowest BCUT2D eigenvalue weighted by Crippen LogP contribution is -2.34. The van der Waals surface area contributed by atoms with Gasteiger partial charge in [0.2, 0.25) is 0 Å². The molecule has 0 spiro atoms. The Kier molecular flexibility index (Phi) is 35.2. The molecule has 0 aromatic rings. The summed E-state index contributed by atoms with van der Waals surface area (Å²) < 4.78 is 12.4. The van der Waals surface area contributed by atoms with Crippen LogP contribution >= 0.6 is 0 Å². The third-order valence-electron chi connectivity index (χ3n) is 14.2. The number of Topliss-reactive ketones (excluding diaryl/α,β-unsaturated/α-hetero) is 1. The molecular weight excluding hydrogens is 767 g/mol. The van der Waals surface area contributed by atoms with E-state index in [1.807, 2.05) is 12.2 Å². The second-order valence-electron chi connectivity index (χ2n) is 20.6. The number of carbonyl (C=O) groups excluding carboxylic acids is 3. The number of esters is 1. The van der Waals surface area contributed by atoms with Crippen molar-refractivity contribution in [3.05, 3.63) is 24.8 Å². The van der Waals surface area contributed by atoms with Gasteiger partial charge in [0, 0.05) is 37.5 Å². The van der Waals surface area contributed by atoms with Crippen molar-refractivity contribution in [2.75, 3.05) is 26.3 Å². The zero-order valence-corrected chi connectivity index (χ0v) is 42.3. The number of ether oxygens (including phenoxy) is 2. The van der Waals surface area contributed by atoms with Gasteiger partial charge in [-0.25, -0.2) is 0 Å². The van der Waals surface area contributed by atoms with Gasteiger partial charge in [-0.15, -0.1) is 6.58 Å². The number of rotatable bonds is 44. The van der Waals surface area contributed by atoms with Gasteiger partial charge in [0.25, 0.3) is 0 Å². The van der Waals surface area contributed by atoms with E-state index in [4.69, 9.17) is 9.47 Å². The number of ketones is 2. The first kappa shape index (κ1) is 58.2. The van der Waals surface area contributed by atoms with Crippen LogP contribution in [0.4, 0.5) is 0 Å². The molecule has 3 atom stereocenters. The van der Waals surface area contributed by atoms with Gasteiger partial charge < -0.3 is 9.47 Å². The summed E-state index contributed by atoms with van der Waals surface area (Å²) in [4.78, 5) is 40.5. The molecule has 6 heteroatoms. The van der Waals surface area contributed by atoms with Crippen LogP contribution in [-0.4, -0.2) is 60.9 Å². The quantitative estimate of drug-likeness (QED) is 0.0263. The number of allylic oxidation sites excluding steroid dienone is 2. The SMILES string of the molecule is C=CCCC(C)(CCCC)CCC(=O)C=C[C@H]1C[C@@H](COCCCCCCCC(=O)OC(CCCCCCCC)CCCCCCCC)N(CCCCCCC(C)(C)C(C)=O)C1. The number of hydrogen-bond acceptors (Lipinski definition) is 6. The molecule has 1 aliphatic heterocycles. The lowest BCUT2D eigenvalue weighted by Gasteiger charge is -2.29. The van der Waals surface area contributed by atoms with Crippen LogP contribution < -0.4 is 0 Å². The lowest BCUT2D eigenvalue weighted by molar-refractivity contribution is -0.150. The van der Waals surface area contributed by atoms with Gasteiger partial charge in [0.15, 0.2) is 5.78 Å². The highest BCUT2D eigenvalue weighted by Gasteiger charge is 2.31. The van der Waals surface area contributed by atoms with Crippen molar-refractivity contribution in [2.24, 2.45) is 16.7 Å². The van der Waals surface area contributed by atoms with E-state index in [0.717, 1.165) is 123 Å². The molecule has 362 valence electrons. The van der Waals surface area contributed by atoms with E-state index in [-0.39, 0.29) is 34.5 Å². The van der Waals surface area contributed by atoms with Crippen molar-refractivity contribution in [3.8, 4) is 0 Å². The van der Waals surface area contributed by atoms with Crippen molar-refractivity contribution in [2.45, 2.75) is 272 Å². The molecule has 0 aromatic carbocycles. The Morgan fingerprint density at radius 2 is 1.26 bits per heavy atom. The van der Waals surface area contributed by atoms with Crippen LogP contribution in [0.25, 0.3) is 0 Å². The molecule has 1 aliphatic rings. The van der Waals surface area contributed by atoms with Crippen molar-refractivity contribution < 1.29 is 23.9 Å². The maximum atomic E-state index is 13.1. The Morgan fingerprint density at radius 3 is 1.89 bits per heavy atom. The average Bonchev–Trinajstić information content (AvgIpc) is 3.64. The Bertz CT molecular complexity index is 1150. The molecule has 1 unspecified atom stereocenters. The van der Waals surface area contributed by atoms with Crippen molar-refractivity contribution in [1.82, 2.24) is 4.90 Å². The fraction of sp³-hybridized carbons (Fsp3) is 0.875. The van der Waals surface area contributed by atoms with Crippen LogP contribution in [0.1, 0.15) is 260 Å². The molecule has 1 heterocycles. The molecule has 6 nitrogen and oxygen atoms in total. The molecule has 0 bridgehead atoms. The zero-order valence-electron chi connectivity index (χ0n) is 42.3. The Hall–Kier alpha value is -1.79. The molecular formula is C56H103NO5. The fourth-order valence-electron chi connectivity index (χ4n) is 9.24. The predicted octanol–water partition coefficient (Wildman–Crippen LogP) is 16.1. The summed E-state index contributed by atoms with van der Waals surface area (Å²) in [5.74, 6) is 0.935. The van der Waals surface area contributed by atoms with Crippen molar-refractivity contribution in [1.29, 1.82) is 0 Å². The highest BCUT2D eigenvalue weighted by molar-refractivity contribution is 5.89. The van der Waals surface area contributed by atoms with E-state index in [2.05, 4.69) is 59.1 Å². The third-order valence-corrected chi connectivity index (χ3v) is 14.2. The maximum absolute atomic E-state index is 13.1. The van der Waals surface area contributed by atoms with E-state index < -0.39 is 0 Å². The van der Waals surface area contributed by atoms with Crippen LogP contribution in [0.15, 0.2) is 24.8 Å². The molecule has 0 aromatic heterocycles. The lowest BCUT2D eigenvalue weighted by atomic mass is 9.76. The number of likely N-dealkylation sites (tertiary alicyclic amines) is 1. The molecule has 0 aliphatic carbocycles. The van der Waals surface area contributed by atoms with Crippen LogP contribution in [0.2, 0.25) is 0 Å². The summed E-state index contributed by atoms with van der Waals surface area (Å²) >= 11 is 0. The van der Waals surface area contributed by atoms with E-state index in [1.54, 1.807) is 6.92 Å². The zero-order chi connectivity index (χ0) is 45.7. The predicted molar refractivity (Wildman–Crippen MR) is 266 cm³/mol. The Labute approximate surface area is 385 Å². The van der Waals surface area contributed by atoms with Crippen molar-refractivity contribution in [3.63, 3.8) is 0 Å². The number of carbonyl (C=O) groups is 3. The first-order valence-electron chi connectivity index (χ1n) is 26.7. The maximum Gasteiger partial charge on any atom is 0.306 e. The summed E-state index contributed by atoms with van der Waals surface area (Å²) in [6.45, 7) is 22.5. The van der Waals surface area contributed by atoms with Gasteiger partial charge in [-0.05, 0) is 114 Å². The topological polar surface area (TPSA) is 72.9 Å². The van der Waals surface area contributed by atoms with Crippen LogP contribution in [0.5, 0.6) is 0 Å². The molecule has 1 saturated heterocycles. The number of hydrogen-bond donors (Lipinski definition) is 0. The molecule has 1 rings (SSSR count). The minimum atomic E-state index is -0.217. The van der Waals surface area contributed by atoms with E-state index >= 15 is 0 Å². The highest BCUT2D eigenvalue weighted by Crippen LogP contribution is 2.35. The van der Waals surface area contributed by atoms with Gasteiger partial charge >= 0.3 is 5.97 Å². The molecule has 1 fully saturated rings. The van der Waals surface area contributed by atoms with Gasteiger partial charge in [0.05, 0.1) is 6.61 Å². The van der Waals surface area contributed by atoms with Crippen molar-refractivity contribution >= 4 is 17.5 Å². The minimum absolute atomic E-state index is 0.00973. The van der Waals surface area contributed by atoms with Gasteiger partial charge in [-0.2, -0.15) is 0 Å². The summed E-state index contributed by atoms with van der Waals surface area (Å²) in [7, 11) is 0. The molecule has 62 heavy (non-hydrogen) atoms. The Balaban J connectivity index is 2.53. The first-order valence-corrected chi connectivity index (χ1v) is 26.7. The molecule has 0 amide bonds. The number of nitrogens with zero attached hydrogens (tertiary/aromatic N) is 1. The largest absolute Gasteiger partial charge is 0.462 e. The summed E-state index contributed by atoms with van der Waals surface area (Å²) in [5.41, 5.74) is -0.00965. The average molecular weight is 870 g/mol. The molecule has 0 radical (unpaired) electrons. The van der Waals surface area contributed by atoms with Crippen LogP contribution in [-0.2, 0) is 23.9 Å². The van der Waals surface area contributed by atoms with E-state index in [9.17, 15) is 14.4 Å². The smallest absolute Gasteiger partial charge is 0.306 e. The van der Waals surface area contributed by atoms with Crippen LogP contribution in [0.3, 0.4) is 0 Å². The fourth-order valence-corrected chi connectivity index (χ4v) is 9.24. The summed E-state index contributed by atoms with van der Waals surface area (Å²) in [6, 6.07) is 0.379. The summed E-state index contributed by atoms with van der Waals surface area (Å²) in [5, 5.41) is 0. The second kappa shape index (κ2) is 37.4. The Morgan fingerprint density at radius 1 is 0.677 bits per heavy atom. The van der Waals surface area contributed by atoms with Gasteiger partial charge in [-0.1, -0.05) is 169 Å². The van der Waals surface area contributed by atoms with E-state index in [1.165, 1.54) is 103 Å². The normalized spacial score (nSPS) is 17.0. The monoisotopic (exact) mass is 870 g/mol. The second-order valence-corrected chi connectivity index (χ2v) is 20.6. The third kappa shape index (κ3) is 30.4. The highest BCUT2D eigenvalue weighted by atomic mass is 16.5. The minimum Gasteiger partial charge on any atom is -0.462 e.